The first-order valence-electron chi connectivity index (χ1n) is 17.4. The van der Waals surface area contributed by atoms with Gasteiger partial charge in [0, 0.05) is 49.7 Å². The van der Waals surface area contributed by atoms with Gasteiger partial charge in [-0.15, -0.1) is 0 Å². The Morgan fingerprint density at radius 3 is 1.84 bits per heavy atom. The highest BCUT2D eigenvalue weighted by Crippen LogP contribution is 2.45. The van der Waals surface area contributed by atoms with Gasteiger partial charge in [-0.25, -0.2) is 0 Å². The molecule has 51 heavy (non-hydrogen) atoms. The highest BCUT2D eigenvalue weighted by Gasteiger charge is 2.22. The molecule has 0 amide bonds. The first-order valence-corrected chi connectivity index (χ1v) is 17.4. The van der Waals surface area contributed by atoms with Gasteiger partial charge in [-0.3, -0.25) is 0 Å². The van der Waals surface area contributed by atoms with Gasteiger partial charge in [0.05, 0.1) is 16.7 Å². The molecular formula is C48H32N2O. The molecule has 3 heteroatoms. The summed E-state index contributed by atoms with van der Waals surface area (Å²) in [6.07, 6.45) is 0. The Morgan fingerprint density at radius 1 is 0.392 bits per heavy atom. The molecule has 0 N–H and O–H groups in total. The van der Waals surface area contributed by atoms with Gasteiger partial charge in [-0.2, -0.15) is 0 Å². The smallest absolute Gasteiger partial charge is 0.143 e. The van der Waals surface area contributed by atoms with Gasteiger partial charge in [-0.1, -0.05) is 140 Å². The van der Waals surface area contributed by atoms with Crippen molar-refractivity contribution in [1.82, 2.24) is 4.57 Å². The molecule has 0 atom stereocenters. The number of anilines is 3. The molecule has 0 fully saturated rings. The minimum Gasteiger partial charge on any atom is -0.455 e. The number of para-hydroxylation sites is 5. The summed E-state index contributed by atoms with van der Waals surface area (Å²) in [5.74, 6) is 0. The molecule has 8 aromatic carbocycles. The quantitative estimate of drug-likeness (QED) is 0.178. The van der Waals surface area contributed by atoms with E-state index in [0.29, 0.717) is 0 Å². The van der Waals surface area contributed by atoms with Crippen molar-refractivity contribution in [1.29, 1.82) is 0 Å². The molecule has 2 heterocycles. The Kier molecular flexibility index (Phi) is 6.81. The second-order valence-corrected chi connectivity index (χ2v) is 12.9. The molecular weight excluding hydrogens is 621 g/mol. The second kappa shape index (κ2) is 11.9. The first kappa shape index (κ1) is 29.1. The van der Waals surface area contributed by atoms with Crippen molar-refractivity contribution in [3.05, 3.63) is 194 Å². The lowest BCUT2D eigenvalue weighted by molar-refractivity contribution is 0.670. The van der Waals surface area contributed by atoms with Gasteiger partial charge < -0.3 is 13.9 Å². The van der Waals surface area contributed by atoms with E-state index in [9.17, 15) is 0 Å². The van der Waals surface area contributed by atoms with E-state index in [0.717, 1.165) is 61.3 Å². The Balaban J connectivity index is 1.23. The molecule has 0 aliphatic heterocycles. The van der Waals surface area contributed by atoms with Crippen LogP contribution in [0.5, 0.6) is 0 Å². The van der Waals surface area contributed by atoms with Gasteiger partial charge in [0.25, 0.3) is 0 Å². The Labute approximate surface area is 295 Å². The number of hydrogen-bond acceptors (Lipinski definition) is 2. The summed E-state index contributed by atoms with van der Waals surface area (Å²) in [4.78, 5) is 2.39. The maximum Gasteiger partial charge on any atom is 0.143 e. The van der Waals surface area contributed by atoms with E-state index < -0.39 is 0 Å². The lowest BCUT2D eigenvalue weighted by Crippen LogP contribution is -2.11. The Hall–Kier alpha value is -6.84. The number of nitrogens with zero attached hydrogens (tertiary/aromatic N) is 2. The number of aromatic nitrogens is 1. The van der Waals surface area contributed by atoms with E-state index in [-0.39, 0.29) is 0 Å². The molecule has 3 nitrogen and oxygen atoms in total. The van der Waals surface area contributed by atoms with Crippen LogP contribution in [0.3, 0.4) is 0 Å². The summed E-state index contributed by atoms with van der Waals surface area (Å²) in [7, 11) is 0. The summed E-state index contributed by atoms with van der Waals surface area (Å²) >= 11 is 0. The summed E-state index contributed by atoms with van der Waals surface area (Å²) in [5, 5.41) is 4.70. The fraction of sp³-hybridized carbons (Fsp3) is 0. The summed E-state index contributed by atoms with van der Waals surface area (Å²) < 4.78 is 8.96. The van der Waals surface area contributed by atoms with Crippen LogP contribution in [0.25, 0.3) is 71.7 Å². The average molecular weight is 653 g/mol. The monoisotopic (exact) mass is 652 g/mol. The minimum atomic E-state index is 0.893. The number of hydrogen-bond donors (Lipinski definition) is 0. The van der Waals surface area contributed by atoms with Gasteiger partial charge in [-0.05, 0) is 65.7 Å². The third kappa shape index (κ3) is 4.82. The predicted octanol–water partition coefficient (Wildman–Crippen LogP) is 13.5. The number of furan rings is 1. The van der Waals surface area contributed by atoms with Crippen molar-refractivity contribution in [2.24, 2.45) is 0 Å². The lowest BCUT2D eigenvalue weighted by Gasteiger charge is -2.28. The normalized spacial score (nSPS) is 11.5. The van der Waals surface area contributed by atoms with Gasteiger partial charge >= 0.3 is 0 Å². The molecule has 0 unspecified atom stereocenters. The van der Waals surface area contributed by atoms with Crippen LogP contribution in [0.4, 0.5) is 17.1 Å². The van der Waals surface area contributed by atoms with Crippen molar-refractivity contribution in [2.45, 2.75) is 0 Å². The highest BCUT2D eigenvalue weighted by atomic mass is 16.3. The van der Waals surface area contributed by atoms with Crippen molar-refractivity contribution in [3.63, 3.8) is 0 Å². The van der Waals surface area contributed by atoms with Crippen molar-refractivity contribution in [2.75, 3.05) is 4.90 Å². The van der Waals surface area contributed by atoms with Gasteiger partial charge in [0.15, 0.2) is 0 Å². The van der Waals surface area contributed by atoms with E-state index in [1.165, 1.54) is 27.4 Å². The van der Waals surface area contributed by atoms with Crippen LogP contribution < -0.4 is 4.90 Å². The third-order valence-corrected chi connectivity index (χ3v) is 10.0. The van der Waals surface area contributed by atoms with Crippen LogP contribution in [0.15, 0.2) is 199 Å². The highest BCUT2D eigenvalue weighted by molar-refractivity contribution is 6.12. The standard InChI is InChI=1S/C48H32N2O/c1-3-14-33(15-4-1)34-26-28-36(29-27-34)49(37-30-31-40-38-18-7-11-24-45(38)50(46(40)32-37)35-16-5-2-6-17-35)44-23-10-8-19-39(44)42-21-13-22-43-41-20-9-12-25-47(41)51-48(42)43/h1-32H. The van der Waals surface area contributed by atoms with E-state index in [2.05, 4.69) is 191 Å². The summed E-state index contributed by atoms with van der Waals surface area (Å²) in [6.45, 7) is 0. The average Bonchev–Trinajstić information content (AvgIpc) is 3.75. The van der Waals surface area contributed by atoms with E-state index in [1.54, 1.807) is 0 Å². The van der Waals surface area contributed by atoms with Crippen LogP contribution in [-0.2, 0) is 0 Å². The van der Waals surface area contributed by atoms with Crippen LogP contribution >= 0.6 is 0 Å². The fourth-order valence-corrected chi connectivity index (χ4v) is 7.67. The molecule has 10 rings (SSSR count). The molecule has 2 aromatic heterocycles. The number of rotatable bonds is 6. The fourth-order valence-electron chi connectivity index (χ4n) is 7.67. The van der Waals surface area contributed by atoms with Crippen LogP contribution in [-0.4, -0.2) is 4.57 Å². The molecule has 0 saturated heterocycles. The van der Waals surface area contributed by atoms with E-state index >= 15 is 0 Å². The van der Waals surface area contributed by atoms with Gasteiger partial charge in [0.1, 0.15) is 11.2 Å². The maximum atomic E-state index is 6.58. The summed E-state index contributed by atoms with van der Waals surface area (Å²) in [6, 6.07) is 69.1. The van der Waals surface area contributed by atoms with Crippen LogP contribution in [0, 0.1) is 0 Å². The van der Waals surface area contributed by atoms with Crippen molar-refractivity contribution in [3.8, 4) is 27.9 Å². The predicted molar refractivity (Wildman–Crippen MR) is 214 cm³/mol. The zero-order valence-electron chi connectivity index (χ0n) is 27.8. The Bertz CT molecular complexity index is 2850. The molecule has 0 saturated carbocycles. The molecule has 240 valence electrons. The first-order chi connectivity index (χ1) is 25.3. The lowest BCUT2D eigenvalue weighted by atomic mass is 9.99. The Morgan fingerprint density at radius 2 is 1.00 bits per heavy atom. The molecule has 0 bridgehead atoms. The zero-order chi connectivity index (χ0) is 33.7. The van der Waals surface area contributed by atoms with Gasteiger partial charge in [0.2, 0.25) is 0 Å². The van der Waals surface area contributed by atoms with E-state index in [1.807, 2.05) is 12.1 Å². The largest absolute Gasteiger partial charge is 0.455 e. The van der Waals surface area contributed by atoms with Crippen molar-refractivity contribution >= 4 is 60.8 Å². The maximum absolute atomic E-state index is 6.58. The van der Waals surface area contributed by atoms with Crippen molar-refractivity contribution < 1.29 is 4.42 Å². The topological polar surface area (TPSA) is 21.3 Å². The molecule has 0 spiro atoms. The number of benzene rings is 8. The minimum absolute atomic E-state index is 0.893. The van der Waals surface area contributed by atoms with Crippen LogP contribution in [0.1, 0.15) is 0 Å². The molecule has 0 radical (unpaired) electrons. The zero-order valence-corrected chi connectivity index (χ0v) is 27.8. The second-order valence-electron chi connectivity index (χ2n) is 12.9. The molecule has 0 aliphatic rings. The van der Waals surface area contributed by atoms with Crippen LogP contribution in [0.2, 0.25) is 0 Å². The third-order valence-electron chi connectivity index (χ3n) is 10.0. The molecule has 10 aromatic rings. The number of fused-ring (bicyclic) bond motifs is 6. The SMILES string of the molecule is c1ccc(-c2ccc(N(c3ccc4c5ccccc5n(-c5ccccc5)c4c3)c3ccccc3-c3cccc4c3oc3ccccc34)cc2)cc1. The molecule has 0 aliphatic carbocycles. The summed E-state index contributed by atoms with van der Waals surface area (Å²) in [5.41, 5.74) is 13.0. The van der Waals surface area contributed by atoms with E-state index in [4.69, 9.17) is 4.42 Å².